The third-order valence-electron chi connectivity index (χ3n) is 3.60. The van der Waals surface area contributed by atoms with Gasteiger partial charge in [0.2, 0.25) is 0 Å². The standard InChI is InChI=1S/C19H21NO3/c1-19(2,3)15-9-5-13(6-10-15)14-7-11-16(12-8-14)20-17(21)18(22)23-4/h5-12H,1-4H3,(H,20,21). The number of rotatable bonds is 2. The van der Waals surface area contributed by atoms with E-state index in [2.05, 4.69) is 55.1 Å². The van der Waals surface area contributed by atoms with Crippen LogP contribution in [0.1, 0.15) is 26.3 Å². The van der Waals surface area contributed by atoms with Gasteiger partial charge < -0.3 is 10.1 Å². The highest BCUT2D eigenvalue weighted by atomic mass is 16.5. The zero-order valence-corrected chi connectivity index (χ0v) is 13.8. The predicted molar refractivity (Wildman–Crippen MR) is 91.2 cm³/mol. The molecule has 4 nitrogen and oxygen atoms in total. The Morgan fingerprint density at radius 3 is 1.78 bits per heavy atom. The summed E-state index contributed by atoms with van der Waals surface area (Å²) in [6, 6.07) is 15.7. The van der Waals surface area contributed by atoms with E-state index < -0.39 is 11.9 Å². The molecule has 2 aromatic carbocycles. The number of anilines is 1. The molecule has 0 bridgehead atoms. The second-order valence-corrected chi connectivity index (χ2v) is 6.35. The van der Waals surface area contributed by atoms with E-state index in [1.807, 2.05) is 12.1 Å². The van der Waals surface area contributed by atoms with Crippen LogP contribution in [0.15, 0.2) is 48.5 Å². The molecular weight excluding hydrogens is 290 g/mol. The van der Waals surface area contributed by atoms with Crippen molar-refractivity contribution in [2.24, 2.45) is 0 Å². The molecule has 2 aromatic rings. The summed E-state index contributed by atoms with van der Waals surface area (Å²) in [4.78, 5) is 22.5. The molecule has 1 amide bonds. The Kier molecular flexibility index (Phi) is 4.84. The Hall–Kier alpha value is -2.62. The number of carbonyl (C=O) groups is 2. The van der Waals surface area contributed by atoms with Gasteiger partial charge in [-0.1, -0.05) is 57.2 Å². The van der Waals surface area contributed by atoms with Gasteiger partial charge in [-0.2, -0.15) is 0 Å². The van der Waals surface area contributed by atoms with E-state index in [0.29, 0.717) is 5.69 Å². The third kappa shape index (κ3) is 4.19. The summed E-state index contributed by atoms with van der Waals surface area (Å²) < 4.78 is 4.36. The van der Waals surface area contributed by atoms with Gasteiger partial charge in [-0.25, -0.2) is 4.79 Å². The van der Waals surface area contributed by atoms with Crippen LogP contribution >= 0.6 is 0 Å². The van der Waals surface area contributed by atoms with Crippen LogP contribution in [0.3, 0.4) is 0 Å². The average Bonchev–Trinajstić information content (AvgIpc) is 2.54. The maximum Gasteiger partial charge on any atom is 0.396 e. The molecule has 0 heterocycles. The number of esters is 1. The van der Waals surface area contributed by atoms with Crippen molar-refractivity contribution >= 4 is 17.6 Å². The fourth-order valence-electron chi connectivity index (χ4n) is 2.18. The summed E-state index contributed by atoms with van der Waals surface area (Å²) >= 11 is 0. The molecule has 0 aliphatic heterocycles. The van der Waals surface area contributed by atoms with Crippen LogP contribution in [-0.4, -0.2) is 19.0 Å². The molecule has 0 saturated heterocycles. The molecule has 0 atom stereocenters. The van der Waals surface area contributed by atoms with E-state index in [4.69, 9.17) is 0 Å². The van der Waals surface area contributed by atoms with Gasteiger partial charge in [-0.15, -0.1) is 0 Å². The van der Waals surface area contributed by atoms with Gasteiger partial charge in [-0.05, 0) is 34.2 Å². The van der Waals surface area contributed by atoms with Crippen LogP contribution in [0.2, 0.25) is 0 Å². The van der Waals surface area contributed by atoms with Crippen molar-refractivity contribution in [2.75, 3.05) is 12.4 Å². The Morgan fingerprint density at radius 2 is 1.35 bits per heavy atom. The van der Waals surface area contributed by atoms with Crippen LogP contribution in [0.4, 0.5) is 5.69 Å². The first-order valence-electron chi connectivity index (χ1n) is 7.41. The molecule has 1 N–H and O–H groups in total. The van der Waals surface area contributed by atoms with Crippen LogP contribution in [0, 0.1) is 0 Å². The lowest BCUT2D eigenvalue weighted by molar-refractivity contribution is -0.150. The van der Waals surface area contributed by atoms with E-state index in [9.17, 15) is 9.59 Å². The SMILES string of the molecule is COC(=O)C(=O)Nc1ccc(-c2ccc(C(C)(C)C)cc2)cc1. The Bertz CT molecular complexity index is 695. The van der Waals surface area contributed by atoms with Gasteiger partial charge >= 0.3 is 11.9 Å². The summed E-state index contributed by atoms with van der Waals surface area (Å²) in [6.07, 6.45) is 0. The summed E-state index contributed by atoms with van der Waals surface area (Å²) in [5.74, 6) is -1.69. The van der Waals surface area contributed by atoms with E-state index in [0.717, 1.165) is 11.1 Å². The molecule has 0 fully saturated rings. The highest BCUT2D eigenvalue weighted by molar-refractivity contribution is 6.37. The van der Waals surface area contributed by atoms with Crippen LogP contribution in [0.5, 0.6) is 0 Å². The summed E-state index contributed by atoms with van der Waals surface area (Å²) in [7, 11) is 1.17. The first kappa shape index (κ1) is 16.7. The number of hydrogen-bond donors (Lipinski definition) is 1. The summed E-state index contributed by atoms with van der Waals surface area (Å²) in [6.45, 7) is 6.54. The molecule has 2 rings (SSSR count). The zero-order valence-electron chi connectivity index (χ0n) is 13.8. The normalized spacial score (nSPS) is 11.0. The number of methoxy groups -OCH3 is 1. The van der Waals surface area contributed by atoms with E-state index in [1.54, 1.807) is 12.1 Å². The number of carbonyl (C=O) groups excluding carboxylic acids is 2. The lowest BCUT2D eigenvalue weighted by atomic mass is 9.86. The van der Waals surface area contributed by atoms with Gasteiger partial charge in [0.15, 0.2) is 0 Å². The molecule has 0 radical (unpaired) electrons. The lowest BCUT2D eigenvalue weighted by Crippen LogP contribution is -2.23. The molecule has 0 aromatic heterocycles. The van der Waals surface area contributed by atoms with E-state index in [1.165, 1.54) is 12.7 Å². The molecule has 23 heavy (non-hydrogen) atoms. The fourth-order valence-corrected chi connectivity index (χ4v) is 2.18. The van der Waals surface area contributed by atoms with Crippen molar-refractivity contribution < 1.29 is 14.3 Å². The van der Waals surface area contributed by atoms with Crippen LogP contribution in [-0.2, 0) is 19.7 Å². The summed E-state index contributed by atoms with van der Waals surface area (Å²) in [5.41, 5.74) is 4.10. The Morgan fingerprint density at radius 1 is 0.870 bits per heavy atom. The molecule has 120 valence electrons. The van der Waals surface area contributed by atoms with Crippen LogP contribution in [0.25, 0.3) is 11.1 Å². The average molecular weight is 311 g/mol. The van der Waals surface area contributed by atoms with Crippen molar-refractivity contribution in [1.82, 2.24) is 0 Å². The van der Waals surface area contributed by atoms with Gasteiger partial charge in [0.05, 0.1) is 7.11 Å². The Labute approximate surface area is 136 Å². The second kappa shape index (κ2) is 6.65. The first-order valence-corrected chi connectivity index (χ1v) is 7.41. The molecule has 0 aliphatic carbocycles. The van der Waals surface area contributed by atoms with Crippen molar-refractivity contribution in [3.8, 4) is 11.1 Å². The molecule has 0 aliphatic rings. The lowest BCUT2D eigenvalue weighted by Gasteiger charge is -2.19. The maximum absolute atomic E-state index is 11.4. The third-order valence-corrected chi connectivity index (χ3v) is 3.60. The largest absolute Gasteiger partial charge is 0.462 e. The number of hydrogen-bond acceptors (Lipinski definition) is 3. The minimum Gasteiger partial charge on any atom is -0.462 e. The van der Waals surface area contributed by atoms with Gasteiger partial charge in [0, 0.05) is 5.69 Å². The molecule has 0 unspecified atom stereocenters. The molecule has 4 heteroatoms. The first-order chi connectivity index (χ1) is 10.8. The number of amides is 1. The minimum absolute atomic E-state index is 0.126. The molecular formula is C19H21NO3. The molecule has 0 spiro atoms. The topological polar surface area (TPSA) is 55.4 Å². The fraction of sp³-hybridized carbons (Fsp3) is 0.263. The Balaban J connectivity index is 2.13. The summed E-state index contributed by atoms with van der Waals surface area (Å²) in [5, 5.41) is 2.49. The van der Waals surface area contributed by atoms with E-state index >= 15 is 0 Å². The smallest absolute Gasteiger partial charge is 0.396 e. The van der Waals surface area contributed by atoms with Crippen molar-refractivity contribution in [1.29, 1.82) is 0 Å². The van der Waals surface area contributed by atoms with E-state index in [-0.39, 0.29) is 5.41 Å². The highest BCUT2D eigenvalue weighted by Gasteiger charge is 2.14. The van der Waals surface area contributed by atoms with Crippen molar-refractivity contribution in [2.45, 2.75) is 26.2 Å². The van der Waals surface area contributed by atoms with Gasteiger partial charge in [0.1, 0.15) is 0 Å². The zero-order chi connectivity index (χ0) is 17.0. The van der Waals surface area contributed by atoms with Crippen LogP contribution < -0.4 is 5.32 Å². The minimum atomic E-state index is -0.910. The second-order valence-electron chi connectivity index (χ2n) is 6.35. The maximum atomic E-state index is 11.4. The number of ether oxygens (including phenoxy) is 1. The monoisotopic (exact) mass is 311 g/mol. The van der Waals surface area contributed by atoms with Crippen molar-refractivity contribution in [3.05, 3.63) is 54.1 Å². The number of nitrogens with one attached hydrogen (secondary N) is 1. The van der Waals surface area contributed by atoms with Crippen molar-refractivity contribution in [3.63, 3.8) is 0 Å². The van der Waals surface area contributed by atoms with Gasteiger partial charge in [0.25, 0.3) is 0 Å². The quantitative estimate of drug-likeness (QED) is 0.678. The number of benzene rings is 2. The predicted octanol–water partition coefficient (Wildman–Crippen LogP) is 3.76. The molecule has 0 saturated carbocycles. The van der Waals surface area contributed by atoms with Gasteiger partial charge in [-0.3, -0.25) is 4.79 Å². The highest BCUT2D eigenvalue weighted by Crippen LogP contribution is 2.26.